The van der Waals surface area contributed by atoms with Gasteiger partial charge in [0.2, 0.25) is 5.91 Å². The molecule has 3 heterocycles. The van der Waals surface area contributed by atoms with Crippen LogP contribution in [0.3, 0.4) is 0 Å². The first-order chi connectivity index (χ1) is 18.0. The highest BCUT2D eigenvalue weighted by atomic mass is 32.2. The van der Waals surface area contributed by atoms with Crippen LogP contribution >= 0.6 is 23.1 Å². The molecule has 2 aromatic carbocycles. The summed E-state index contributed by atoms with van der Waals surface area (Å²) in [5, 5.41) is 4.29. The second-order valence-corrected chi connectivity index (χ2v) is 10.7. The number of rotatable bonds is 7. The third kappa shape index (κ3) is 5.91. The topological polar surface area (TPSA) is 91.3 Å². The van der Waals surface area contributed by atoms with Gasteiger partial charge in [0, 0.05) is 36.3 Å². The standard InChI is InChI=1S/C27H28N6O2S2/c1-32(24-16-28-21-5-3-4-6-22(21)29-24)31-26(35)23-17-37-27(30-23)19-11-13-33(14-12-19)25(34)15-18-7-9-20(36-2)10-8-18/h3-10,16-17,19H,11-15H2,1-2H3,(H,31,35). The number of nitrogens with zero attached hydrogens (tertiary/aromatic N) is 5. The Labute approximate surface area is 224 Å². The Kier molecular flexibility index (Phi) is 7.66. The van der Waals surface area contributed by atoms with Crippen LogP contribution in [0.4, 0.5) is 5.82 Å². The van der Waals surface area contributed by atoms with Gasteiger partial charge in [-0.25, -0.2) is 9.97 Å². The molecule has 37 heavy (non-hydrogen) atoms. The second-order valence-electron chi connectivity index (χ2n) is 8.97. The van der Waals surface area contributed by atoms with Crippen LogP contribution in [0.25, 0.3) is 11.0 Å². The van der Waals surface area contributed by atoms with E-state index in [1.54, 1.807) is 35.4 Å². The highest BCUT2D eigenvalue weighted by Gasteiger charge is 2.26. The van der Waals surface area contributed by atoms with Crippen LogP contribution in [0.15, 0.2) is 65.0 Å². The molecule has 2 amide bonds. The molecular formula is C27H28N6O2S2. The van der Waals surface area contributed by atoms with Crippen LogP contribution in [0.1, 0.15) is 39.8 Å². The number of aromatic nitrogens is 3. The van der Waals surface area contributed by atoms with Crippen molar-refractivity contribution in [3.63, 3.8) is 0 Å². The van der Waals surface area contributed by atoms with Gasteiger partial charge in [0.25, 0.3) is 5.91 Å². The molecule has 1 fully saturated rings. The molecule has 8 nitrogen and oxygen atoms in total. The van der Waals surface area contributed by atoms with Crippen LogP contribution in [0.2, 0.25) is 0 Å². The first kappa shape index (κ1) is 25.2. The summed E-state index contributed by atoms with van der Waals surface area (Å²) < 4.78 is 0. The van der Waals surface area contributed by atoms with E-state index in [2.05, 4.69) is 32.5 Å². The Bertz CT molecular complexity index is 1400. The number of carbonyl (C=O) groups is 2. The lowest BCUT2D eigenvalue weighted by atomic mass is 9.97. The average molecular weight is 533 g/mol. The zero-order chi connectivity index (χ0) is 25.8. The highest BCUT2D eigenvalue weighted by Crippen LogP contribution is 2.30. The van der Waals surface area contributed by atoms with Gasteiger partial charge >= 0.3 is 0 Å². The van der Waals surface area contributed by atoms with Crippen molar-refractivity contribution >= 4 is 51.8 Å². The number of para-hydroxylation sites is 2. The van der Waals surface area contributed by atoms with Crippen molar-refractivity contribution in [2.24, 2.45) is 0 Å². The van der Waals surface area contributed by atoms with Gasteiger partial charge in [-0.15, -0.1) is 23.1 Å². The third-order valence-corrected chi connectivity index (χ3v) is 8.27. The molecule has 0 bridgehead atoms. The fourth-order valence-electron chi connectivity index (χ4n) is 4.36. The number of piperidine rings is 1. The Hall–Kier alpha value is -3.50. The van der Waals surface area contributed by atoms with Crippen molar-refractivity contribution in [2.45, 2.75) is 30.1 Å². The van der Waals surface area contributed by atoms with Crippen molar-refractivity contribution in [1.82, 2.24) is 25.3 Å². The molecular weight excluding hydrogens is 504 g/mol. The lowest BCUT2D eigenvalue weighted by Crippen LogP contribution is -2.40. The number of thiazole rings is 1. The zero-order valence-electron chi connectivity index (χ0n) is 20.8. The highest BCUT2D eigenvalue weighted by molar-refractivity contribution is 7.98. The summed E-state index contributed by atoms with van der Waals surface area (Å²) in [6.45, 7) is 1.41. The fraction of sp³-hybridized carbons (Fsp3) is 0.296. The number of amides is 2. The minimum Gasteiger partial charge on any atom is -0.342 e. The van der Waals surface area contributed by atoms with Crippen molar-refractivity contribution in [3.05, 3.63) is 76.4 Å². The predicted molar refractivity (Wildman–Crippen MR) is 148 cm³/mol. The Balaban J connectivity index is 1.14. The van der Waals surface area contributed by atoms with Gasteiger partial charge < -0.3 is 4.90 Å². The number of hydrazine groups is 1. The average Bonchev–Trinajstić information content (AvgIpc) is 3.44. The maximum atomic E-state index is 12.8. The Morgan fingerprint density at radius 3 is 2.54 bits per heavy atom. The van der Waals surface area contributed by atoms with Gasteiger partial charge in [0.05, 0.1) is 28.7 Å². The number of likely N-dealkylation sites (tertiary alicyclic amines) is 1. The summed E-state index contributed by atoms with van der Waals surface area (Å²) in [5.74, 6) is 0.662. The molecule has 1 N–H and O–H groups in total. The zero-order valence-corrected chi connectivity index (χ0v) is 22.4. The minimum absolute atomic E-state index is 0.161. The predicted octanol–water partition coefficient (Wildman–Crippen LogP) is 4.54. The molecule has 0 unspecified atom stereocenters. The van der Waals surface area contributed by atoms with Crippen molar-refractivity contribution in [1.29, 1.82) is 0 Å². The fourth-order valence-corrected chi connectivity index (χ4v) is 5.74. The molecule has 1 saturated heterocycles. The molecule has 0 radical (unpaired) electrons. The van der Waals surface area contributed by atoms with Crippen LogP contribution in [0.5, 0.6) is 0 Å². The van der Waals surface area contributed by atoms with E-state index in [0.29, 0.717) is 31.0 Å². The van der Waals surface area contributed by atoms with Crippen molar-refractivity contribution in [2.75, 3.05) is 31.4 Å². The molecule has 10 heteroatoms. The first-order valence-corrected chi connectivity index (χ1v) is 14.2. The quantitative estimate of drug-likeness (QED) is 0.276. The number of benzene rings is 2. The summed E-state index contributed by atoms with van der Waals surface area (Å²) in [5.41, 5.74) is 5.81. The molecule has 0 atom stereocenters. The van der Waals surface area contributed by atoms with E-state index in [1.165, 1.54) is 16.2 Å². The summed E-state index contributed by atoms with van der Waals surface area (Å²) >= 11 is 3.20. The largest absolute Gasteiger partial charge is 0.342 e. The van der Waals surface area contributed by atoms with Crippen molar-refractivity contribution < 1.29 is 9.59 Å². The van der Waals surface area contributed by atoms with Gasteiger partial charge in [-0.05, 0) is 48.9 Å². The number of nitrogens with one attached hydrogen (secondary N) is 1. The first-order valence-electron chi connectivity index (χ1n) is 12.1. The van der Waals surface area contributed by atoms with Crippen LogP contribution in [-0.2, 0) is 11.2 Å². The molecule has 5 rings (SSSR count). The number of hydrogen-bond donors (Lipinski definition) is 1. The summed E-state index contributed by atoms with van der Waals surface area (Å²) in [4.78, 5) is 42.3. The van der Waals surface area contributed by atoms with E-state index < -0.39 is 0 Å². The summed E-state index contributed by atoms with van der Waals surface area (Å²) in [6.07, 6.45) is 5.79. The molecule has 0 saturated carbocycles. The van der Waals surface area contributed by atoms with E-state index in [4.69, 9.17) is 0 Å². The van der Waals surface area contributed by atoms with Crippen LogP contribution < -0.4 is 10.4 Å². The lowest BCUT2D eigenvalue weighted by molar-refractivity contribution is -0.131. The van der Waals surface area contributed by atoms with Crippen LogP contribution in [0, 0.1) is 0 Å². The van der Waals surface area contributed by atoms with Gasteiger partial charge in [-0.1, -0.05) is 24.3 Å². The Morgan fingerprint density at radius 1 is 1.08 bits per heavy atom. The molecule has 0 aliphatic carbocycles. The maximum absolute atomic E-state index is 12.8. The monoisotopic (exact) mass is 532 g/mol. The number of anilines is 1. The number of fused-ring (bicyclic) bond motifs is 1. The third-order valence-electron chi connectivity index (χ3n) is 6.51. The molecule has 0 spiro atoms. The normalized spacial score (nSPS) is 14.1. The smallest absolute Gasteiger partial charge is 0.289 e. The second kappa shape index (κ2) is 11.3. The number of hydrogen-bond acceptors (Lipinski definition) is 8. The maximum Gasteiger partial charge on any atom is 0.289 e. The summed E-state index contributed by atoms with van der Waals surface area (Å²) in [6, 6.07) is 15.8. The lowest BCUT2D eigenvalue weighted by Gasteiger charge is -2.31. The molecule has 1 aliphatic rings. The van der Waals surface area contributed by atoms with E-state index >= 15 is 0 Å². The van der Waals surface area contributed by atoms with E-state index in [-0.39, 0.29) is 17.7 Å². The van der Waals surface area contributed by atoms with Gasteiger partial charge in [0.15, 0.2) is 5.82 Å². The summed E-state index contributed by atoms with van der Waals surface area (Å²) in [7, 11) is 1.73. The molecule has 190 valence electrons. The Morgan fingerprint density at radius 2 is 1.81 bits per heavy atom. The molecule has 2 aromatic heterocycles. The van der Waals surface area contributed by atoms with E-state index in [1.807, 2.05) is 47.6 Å². The van der Waals surface area contributed by atoms with E-state index in [0.717, 1.165) is 34.4 Å². The minimum atomic E-state index is -0.292. The van der Waals surface area contributed by atoms with Gasteiger partial charge in [0.1, 0.15) is 5.69 Å². The van der Waals surface area contributed by atoms with Crippen LogP contribution in [-0.4, -0.2) is 58.1 Å². The number of thioether (sulfide) groups is 1. The van der Waals surface area contributed by atoms with Gasteiger partial charge in [-0.3, -0.25) is 25.0 Å². The van der Waals surface area contributed by atoms with Gasteiger partial charge in [-0.2, -0.15) is 0 Å². The SMILES string of the molecule is CSc1ccc(CC(=O)N2CCC(c3nc(C(=O)NN(C)c4cnc5ccccc5n4)cs3)CC2)cc1. The van der Waals surface area contributed by atoms with Crippen molar-refractivity contribution in [3.8, 4) is 0 Å². The molecule has 1 aliphatic heterocycles. The van der Waals surface area contributed by atoms with E-state index in [9.17, 15) is 9.59 Å². The molecule has 4 aromatic rings. The number of carbonyl (C=O) groups excluding carboxylic acids is 2.